The average Bonchev–Trinajstić information content (AvgIpc) is 3.38. The van der Waals surface area contributed by atoms with Crippen LogP contribution in [0.25, 0.3) is 0 Å². The van der Waals surface area contributed by atoms with Crippen molar-refractivity contribution in [1.29, 1.82) is 0 Å². The van der Waals surface area contributed by atoms with Gasteiger partial charge in [-0.1, -0.05) is 60.2 Å². The smallest absolute Gasteiger partial charge is 0.330 e. The third kappa shape index (κ3) is 17.2. The van der Waals surface area contributed by atoms with Crippen LogP contribution in [0.2, 0.25) is 0 Å². The van der Waals surface area contributed by atoms with E-state index in [4.69, 9.17) is 18.5 Å². The third-order valence-corrected chi connectivity index (χ3v) is 6.94. The van der Waals surface area contributed by atoms with Gasteiger partial charge in [-0.2, -0.15) is 0 Å². The van der Waals surface area contributed by atoms with Gasteiger partial charge >= 0.3 is 11.7 Å². The second kappa shape index (κ2) is 23.0. The topological polar surface area (TPSA) is 138 Å². The molecular formula is C26H49FN3O8PS. The van der Waals surface area contributed by atoms with Crippen LogP contribution in [0, 0.1) is 5.41 Å². The lowest BCUT2D eigenvalue weighted by Crippen LogP contribution is -2.31. The fraction of sp³-hybridized carbons (Fsp3) is 0.769. The van der Waals surface area contributed by atoms with Gasteiger partial charge in [0.15, 0.2) is 5.12 Å². The van der Waals surface area contributed by atoms with E-state index in [-0.39, 0.29) is 37.1 Å². The van der Waals surface area contributed by atoms with Gasteiger partial charge in [0.05, 0.1) is 32.6 Å². The van der Waals surface area contributed by atoms with Crippen LogP contribution in [0.15, 0.2) is 21.9 Å². The highest BCUT2D eigenvalue weighted by Gasteiger charge is 2.29. The highest BCUT2D eigenvalue weighted by atomic mass is 32.2. The van der Waals surface area contributed by atoms with Crippen LogP contribution in [0.4, 0.5) is 4.39 Å². The number of esters is 1. The maximum absolute atomic E-state index is 12.1. The highest BCUT2D eigenvalue weighted by molar-refractivity contribution is 8.13. The van der Waals surface area contributed by atoms with Gasteiger partial charge in [-0.05, 0) is 26.7 Å². The number of hydrogen-bond donors (Lipinski definition) is 2. The summed E-state index contributed by atoms with van der Waals surface area (Å²) in [5.41, 5.74) is -1.43. The second-order valence-electron chi connectivity index (χ2n) is 8.95. The molecule has 11 nitrogen and oxygen atoms in total. The number of hydrogen-bond acceptors (Lipinski definition) is 10. The molecule has 1 aromatic rings. The number of aromatic amines is 1. The molecule has 0 aliphatic carbocycles. The molecule has 1 fully saturated rings. The number of nitrogens with one attached hydrogen (secondary N) is 2. The van der Waals surface area contributed by atoms with E-state index in [9.17, 15) is 23.6 Å². The van der Waals surface area contributed by atoms with E-state index in [2.05, 4.69) is 10.1 Å². The average molecular weight is 614 g/mol. The number of nitrogens with zero attached hydrogens (tertiary/aromatic N) is 1. The van der Waals surface area contributed by atoms with Gasteiger partial charge in [-0.3, -0.25) is 28.3 Å². The zero-order chi connectivity index (χ0) is 31.3. The van der Waals surface area contributed by atoms with Crippen LogP contribution < -0.4 is 16.3 Å². The quantitative estimate of drug-likeness (QED) is 0.189. The molecule has 14 heteroatoms. The monoisotopic (exact) mass is 613 g/mol. The molecule has 0 saturated carbocycles. The first-order chi connectivity index (χ1) is 19.0. The predicted octanol–water partition coefficient (Wildman–Crippen LogP) is 4.96. The molecule has 1 aliphatic heterocycles. The first kappa shape index (κ1) is 40.5. The van der Waals surface area contributed by atoms with Crippen molar-refractivity contribution in [3.8, 4) is 0 Å². The first-order valence-electron chi connectivity index (χ1n) is 13.5. The van der Waals surface area contributed by atoms with Crippen LogP contribution >= 0.6 is 20.3 Å². The fourth-order valence-corrected chi connectivity index (χ4v) is 4.83. The summed E-state index contributed by atoms with van der Waals surface area (Å²) in [6.07, 6.45) is 1.60. The number of carbonyl (C=O) groups excluding carboxylic acids is 2. The molecule has 2 heterocycles. The van der Waals surface area contributed by atoms with Crippen molar-refractivity contribution in [2.45, 2.75) is 93.6 Å². The summed E-state index contributed by atoms with van der Waals surface area (Å²) in [6.45, 7) is 17.5. The lowest BCUT2D eigenvalue weighted by atomic mass is 10.00. The number of thioether (sulfide) groups is 1. The van der Waals surface area contributed by atoms with Crippen LogP contribution in [0.1, 0.15) is 81.4 Å². The molecule has 0 spiro atoms. The van der Waals surface area contributed by atoms with E-state index in [1.807, 2.05) is 48.5 Å². The zero-order valence-corrected chi connectivity index (χ0v) is 27.3. The minimum absolute atomic E-state index is 0.0673. The lowest BCUT2D eigenvalue weighted by molar-refractivity contribution is -0.145. The minimum atomic E-state index is -1.64. The number of carbonyl (C=O) groups is 2. The summed E-state index contributed by atoms with van der Waals surface area (Å²) in [7, 11) is -1.14. The van der Waals surface area contributed by atoms with Crippen molar-refractivity contribution in [3.05, 3.63) is 33.1 Å². The third-order valence-electron chi connectivity index (χ3n) is 4.48. The summed E-state index contributed by atoms with van der Waals surface area (Å²) >= 11 is 1.19. The molecule has 3 atom stereocenters. The normalized spacial score (nSPS) is 16.9. The predicted molar refractivity (Wildman–Crippen MR) is 159 cm³/mol. The van der Waals surface area contributed by atoms with E-state index in [1.54, 1.807) is 13.8 Å². The Kier molecular flexibility index (Phi) is 23.3. The summed E-state index contributed by atoms with van der Waals surface area (Å²) in [6, 6.07) is 1.27. The van der Waals surface area contributed by atoms with Crippen molar-refractivity contribution >= 4 is 31.4 Å². The molecule has 0 aromatic carbocycles. The lowest BCUT2D eigenvalue weighted by Gasteiger charge is -2.21. The Bertz CT molecular complexity index is 940. The number of H-pyrrole nitrogens is 1. The Morgan fingerprint density at radius 1 is 1.18 bits per heavy atom. The Morgan fingerprint density at radius 2 is 1.80 bits per heavy atom. The number of ether oxygens (including phenoxy) is 2. The van der Waals surface area contributed by atoms with Gasteiger partial charge in [-0.25, -0.2) is 9.88 Å². The summed E-state index contributed by atoms with van der Waals surface area (Å²) < 4.78 is 33.5. The standard InChI is InChI=1S/C21H34N3O8PS.2C2H6.CH3F/c1-14(2)31-18(26)12-22-33(29-10-11-34-19(27)21(3,4)5)30-13-15-6-7-17(32-15)24-9-8-16(25)23-20(24)28;3*1-2/h8-9,14-15,17,22H,6-7,10-13H2,1-5H3,(H,23,25,28);2*1-2H3;1H3. The van der Waals surface area contributed by atoms with E-state index < -0.39 is 37.4 Å². The van der Waals surface area contributed by atoms with Crippen molar-refractivity contribution in [3.63, 3.8) is 0 Å². The van der Waals surface area contributed by atoms with Crippen molar-refractivity contribution < 1.29 is 32.5 Å². The van der Waals surface area contributed by atoms with Gasteiger partial charge in [0.25, 0.3) is 14.1 Å². The van der Waals surface area contributed by atoms with Gasteiger partial charge < -0.3 is 18.5 Å². The van der Waals surface area contributed by atoms with E-state index in [0.717, 1.165) is 0 Å². The first-order valence-corrected chi connectivity index (χ1v) is 15.6. The van der Waals surface area contributed by atoms with Crippen molar-refractivity contribution in [2.75, 3.05) is 32.7 Å². The highest BCUT2D eigenvalue weighted by Crippen LogP contribution is 2.36. The Balaban J connectivity index is 0. The van der Waals surface area contributed by atoms with Crippen LogP contribution in [-0.4, -0.2) is 65.5 Å². The summed E-state index contributed by atoms with van der Waals surface area (Å²) in [4.78, 5) is 49.4. The molecular weight excluding hydrogens is 564 g/mol. The largest absolute Gasteiger partial charge is 0.462 e. The number of alkyl halides is 1. The van der Waals surface area contributed by atoms with Gasteiger partial charge in [0, 0.05) is 23.4 Å². The van der Waals surface area contributed by atoms with Gasteiger partial charge in [0.1, 0.15) is 12.8 Å². The van der Waals surface area contributed by atoms with Crippen LogP contribution in [0.5, 0.6) is 0 Å². The van der Waals surface area contributed by atoms with Gasteiger partial charge in [0.2, 0.25) is 0 Å². The Labute approximate surface area is 243 Å². The molecule has 40 heavy (non-hydrogen) atoms. The van der Waals surface area contributed by atoms with E-state index in [1.165, 1.54) is 28.6 Å². The van der Waals surface area contributed by atoms with Gasteiger partial charge in [-0.15, -0.1) is 0 Å². The molecule has 2 rings (SSSR count). The fourth-order valence-electron chi connectivity index (χ4n) is 2.85. The molecule has 1 aromatic heterocycles. The molecule has 0 radical (unpaired) electrons. The molecule has 0 bridgehead atoms. The van der Waals surface area contributed by atoms with Crippen LogP contribution in [-0.2, 0) is 28.1 Å². The SMILES string of the molecule is CC.CC.CC(C)OC(=O)CNP(OCCSC(=O)C(C)(C)C)OCC1CCC(n2ccc(=O)[nH]c2=O)O1.CF. The molecule has 1 aliphatic rings. The molecule has 234 valence electrons. The summed E-state index contributed by atoms with van der Waals surface area (Å²) in [5.74, 6) is 0.0229. The van der Waals surface area contributed by atoms with Crippen molar-refractivity contribution in [1.82, 2.24) is 14.6 Å². The maximum Gasteiger partial charge on any atom is 0.330 e. The Morgan fingerprint density at radius 3 is 2.35 bits per heavy atom. The maximum atomic E-state index is 12.1. The Hall–Kier alpha value is -1.63. The molecule has 2 N–H and O–H groups in total. The van der Waals surface area contributed by atoms with E-state index >= 15 is 0 Å². The minimum Gasteiger partial charge on any atom is -0.462 e. The summed E-state index contributed by atoms with van der Waals surface area (Å²) in [5, 5.41) is 2.99. The zero-order valence-electron chi connectivity index (χ0n) is 25.6. The van der Waals surface area contributed by atoms with Crippen LogP contribution in [0.3, 0.4) is 0 Å². The van der Waals surface area contributed by atoms with Crippen molar-refractivity contribution in [2.24, 2.45) is 5.41 Å². The second-order valence-corrected chi connectivity index (χ2v) is 11.4. The molecule has 3 unspecified atom stereocenters. The number of halogens is 1. The van der Waals surface area contributed by atoms with E-state index in [0.29, 0.717) is 25.8 Å². The molecule has 0 amide bonds. The molecule has 1 saturated heterocycles. The number of aromatic nitrogens is 2. The number of rotatable bonds is 12.